The van der Waals surface area contributed by atoms with Gasteiger partial charge in [0.15, 0.2) is 0 Å². The fourth-order valence-corrected chi connectivity index (χ4v) is 2.92. The number of rotatable bonds is 3. The highest BCUT2D eigenvalue weighted by atomic mass is 35.7. The predicted molar refractivity (Wildman–Crippen MR) is 70.3 cm³/mol. The first-order valence-corrected chi connectivity index (χ1v) is 7.89. The van der Waals surface area contributed by atoms with Crippen LogP contribution in [0.4, 0.5) is 10.5 Å². The standard InChI is InChI=1S/C11H13ClN2O3S/c1-13-6-7-14(11(13)15)10-5-3-2-4-9(10)8-18(12,16)17/h2-5H,6-8H2,1H3. The van der Waals surface area contributed by atoms with Gasteiger partial charge in [0.25, 0.3) is 0 Å². The van der Waals surface area contributed by atoms with E-state index < -0.39 is 9.05 Å². The van der Waals surface area contributed by atoms with Crippen LogP contribution in [0.1, 0.15) is 5.56 Å². The number of carbonyl (C=O) groups excluding carboxylic acids is 1. The van der Waals surface area contributed by atoms with Gasteiger partial charge in [-0.25, -0.2) is 13.2 Å². The van der Waals surface area contributed by atoms with E-state index in [1.54, 1.807) is 41.1 Å². The van der Waals surface area contributed by atoms with E-state index >= 15 is 0 Å². The predicted octanol–water partition coefficient (Wildman–Crippen LogP) is 1.63. The number of carbonyl (C=O) groups is 1. The molecule has 0 saturated carbocycles. The third-order valence-electron chi connectivity index (χ3n) is 2.83. The van der Waals surface area contributed by atoms with Gasteiger partial charge in [-0.2, -0.15) is 0 Å². The molecule has 0 unspecified atom stereocenters. The molecule has 0 spiro atoms. The molecule has 1 fully saturated rings. The summed E-state index contributed by atoms with van der Waals surface area (Å²) in [6.45, 7) is 1.18. The lowest BCUT2D eigenvalue weighted by Gasteiger charge is -2.19. The van der Waals surface area contributed by atoms with Gasteiger partial charge in [-0.15, -0.1) is 0 Å². The highest BCUT2D eigenvalue weighted by molar-refractivity contribution is 8.13. The summed E-state index contributed by atoms with van der Waals surface area (Å²) in [6.07, 6.45) is 0. The molecule has 2 rings (SSSR count). The molecule has 1 heterocycles. The molecule has 1 aliphatic rings. The molecule has 1 aliphatic heterocycles. The Bertz CT molecular complexity index is 573. The van der Waals surface area contributed by atoms with Crippen molar-refractivity contribution >= 4 is 31.5 Å². The van der Waals surface area contributed by atoms with Crippen molar-refractivity contribution in [2.75, 3.05) is 25.0 Å². The second-order valence-electron chi connectivity index (χ2n) is 4.17. The smallest absolute Gasteiger partial charge is 0.324 e. The van der Waals surface area contributed by atoms with E-state index in [-0.39, 0.29) is 11.8 Å². The minimum absolute atomic E-state index is 0.130. The first-order chi connectivity index (χ1) is 8.38. The van der Waals surface area contributed by atoms with E-state index in [9.17, 15) is 13.2 Å². The second-order valence-corrected chi connectivity index (χ2v) is 6.94. The molecule has 18 heavy (non-hydrogen) atoms. The second kappa shape index (κ2) is 4.78. The maximum absolute atomic E-state index is 11.9. The van der Waals surface area contributed by atoms with Gasteiger partial charge < -0.3 is 4.90 Å². The molecular weight excluding hydrogens is 276 g/mol. The summed E-state index contributed by atoms with van der Waals surface area (Å²) in [6, 6.07) is 6.76. The van der Waals surface area contributed by atoms with Crippen molar-refractivity contribution in [2.45, 2.75) is 5.75 Å². The number of urea groups is 1. The summed E-state index contributed by atoms with van der Waals surface area (Å²) in [7, 11) is 3.34. The molecule has 0 radical (unpaired) electrons. The average Bonchev–Trinajstić information content (AvgIpc) is 2.59. The number of hydrogen-bond donors (Lipinski definition) is 0. The van der Waals surface area contributed by atoms with Gasteiger partial charge in [-0.3, -0.25) is 4.90 Å². The molecule has 5 nitrogen and oxygen atoms in total. The van der Waals surface area contributed by atoms with E-state index in [0.717, 1.165) is 0 Å². The Morgan fingerprint density at radius 2 is 1.94 bits per heavy atom. The fraction of sp³-hybridized carbons (Fsp3) is 0.364. The van der Waals surface area contributed by atoms with Gasteiger partial charge in [0.2, 0.25) is 9.05 Å². The summed E-state index contributed by atoms with van der Waals surface area (Å²) < 4.78 is 22.3. The molecular formula is C11H13ClN2O3S. The Morgan fingerprint density at radius 3 is 2.50 bits per heavy atom. The summed E-state index contributed by atoms with van der Waals surface area (Å²) in [4.78, 5) is 15.0. The molecule has 0 aliphatic carbocycles. The van der Waals surface area contributed by atoms with Crippen molar-refractivity contribution in [2.24, 2.45) is 0 Å². The fourth-order valence-electron chi connectivity index (χ4n) is 1.95. The topological polar surface area (TPSA) is 57.7 Å². The molecule has 2 amide bonds. The lowest BCUT2D eigenvalue weighted by molar-refractivity contribution is 0.229. The summed E-state index contributed by atoms with van der Waals surface area (Å²) in [5.41, 5.74) is 1.15. The molecule has 0 bridgehead atoms. The minimum atomic E-state index is -3.64. The van der Waals surface area contributed by atoms with Crippen molar-refractivity contribution in [3.63, 3.8) is 0 Å². The third kappa shape index (κ3) is 2.76. The molecule has 0 N–H and O–H groups in total. The summed E-state index contributed by atoms with van der Waals surface area (Å²) in [5, 5.41) is 0. The van der Waals surface area contributed by atoms with E-state index in [1.165, 1.54) is 0 Å². The number of para-hydroxylation sites is 1. The molecule has 0 aromatic heterocycles. The van der Waals surface area contributed by atoms with Gasteiger partial charge in [0, 0.05) is 36.5 Å². The monoisotopic (exact) mass is 288 g/mol. The van der Waals surface area contributed by atoms with Gasteiger partial charge in [-0.05, 0) is 11.6 Å². The number of amides is 2. The zero-order valence-corrected chi connectivity index (χ0v) is 11.4. The van der Waals surface area contributed by atoms with Gasteiger partial charge in [0.05, 0.1) is 5.75 Å². The Hall–Kier alpha value is -1.27. The maximum atomic E-state index is 11.9. The highest BCUT2D eigenvalue weighted by Gasteiger charge is 2.28. The first-order valence-electron chi connectivity index (χ1n) is 5.41. The van der Waals surface area contributed by atoms with Gasteiger partial charge in [-0.1, -0.05) is 18.2 Å². The number of halogens is 1. The summed E-state index contributed by atoms with van der Waals surface area (Å²) in [5.74, 6) is -0.280. The minimum Gasteiger partial charge on any atom is -0.326 e. The van der Waals surface area contributed by atoms with Crippen LogP contribution in [0.5, 0.6) is 0 Å². The Labute approximate surface area is 110 Å². The lowest BCUT2D eigenvalue weighted by atomic mass is 10.2. The molecule has 1 saturated heterocycles. The van der Waals surface area contributed by atoms with Crippen LogP contribution < -0.4 is 4.90 Å². The van der Waals surface area contributed by atoms with Crippen LogP contribution in [0.3, 0.4) is 0 Å². The Kier molecular flexibility index (Phi) is 3.49. The van der Waals surface area contributed by atoms with E-state index in [2.05, 4.69) is 0 Å². The molecule has 0 atom stereocenters. The zero-order chi connectivity index (χ0) is 13.3. The highest BCUT2D eigenvalue weighted by Crippen LogP contribution is 2.26. The van der Waals surface area contributed by atoms with Gasteiger partial charge >= 0.3 is 6.03 Å². The molecule has 98 valence electrons. The van der Waals surface area contributed by atoms with Crippen LogP contribution in [0.2, 0.25) is 0 Å². The van der Waals surface area contributed by atoms with E-state index in [4.69, 9.17) is 10.7 Å². The number of benzene rings is 1. The third-order valence-corrected chi connectivity index (χ3v) is 3.81. The number of anilines is 1. The Balaban J connectivity index is 2.37. The quantitative estimate of drug-likeness (QED) is 0.794. The number of hydrogen-bond acceptors (Lipinski definition) is 3. The Morgan fingerprint density at radius 1 is 1.28 bits per heavy atom. The van der Waals surface area contributed by atoms with Crippen molar-refractivity contribution < 1.29 is 13.2 Å². The van der Waals surface area contributed by atoms with Crippen molar-refractivity contribution in [3.05, 3.63) is 29.8 Å². The number of likely N-dealkylation sites (N-methyl/N-ethyl adjacent to an activating group) is 1. The molecule has 1 aromatic rings. The lowest BCUT2D eigenvalue weighted by Crippen LogP contribution is -2.30. The molecule has 1 aromatic carbocycles. The average molecular weight is 289 g/mol. The van der Waals surface area contributed by atoms with Crippen LogP contribution >= 0.6 is 10.7 Å². The van der Waals surface area contributed by atoms with Crippen LogP contribution in [0, 0.1) is 0 Å². The zero-order valence-electron chi connectivity index (χ0n) is 9.84. The van der Waals surface area contributed by atoms with Crippen LogP contribution in [-0.2, 0) is 14.8 Å². The van der Waals surface area contributed by atoms with Crippen molar-refractivity contribution in [3.8, 4) is 0 Å². The van der Waals surface area contributed by atoms with Crippen LogP contribution in [0.25, 0.3) is 0 Å². The SMILES string of the molecule is CN1CCN(c2ccccc2CS(=O)(=O)Cl)C1=O. The van der Waals surface area contributed by atoms with E-state index in [1.807, 2.05) is 0 Å². The van der Waals surface area contributed by atoms with Gasteiger partial charge in [0.1, 0.15) is 0 Å². The van der Waals surface area contributed by atoms with Crippen LogP contribution in [0.15, 0.2) is 24.3 Å². The van der Waals surface area contributed by atoms with Crippen LogP contribution in [-0.4, -0.2) is 39.5 Å². The molecule has 7 heteroatoms. The maximum Gasteiger partial charge on any atom is 0.324 e. The van der Waals surface area contributed by atoms with Crippen molar-refractivity contribution in [1.82, 2.24) is 4.90 Å². The number of nitrogens with zero attached hydrogens (tertiary/aromatic N) is 2. The summed E-state index contributed by atoms with van der Waals surface area (Å²) >= 11 is 0. The van der Waals surface area contributed by atoms with Crippen molar-refractivity contribution in [1.29, 1.82) is 0 Å². The van der Waals surface area contributed by atoms with E-state index in [0.29, 0.717) is 24.3 Å². The normalized spacial score (nSPS) is 16.4. The largest absolute Gasteiger partial charge is 0.326 e. The first kappa shape index (κ1) is 13.2.